The number of hydrogen-bond donors (Lipinski definition) is 1. The minimum Gasteiger partial charge on any atom is -0.481 e. The van der Waals surface area contributed by atoms with Crippen LogP contribution in [0.15, 0.2) is 36.8 Å². The third kappa shape index (κ3) is 7.76. The predicted octanol–water partition coefficient (Wildman–Crippen LogP) is 6.19. The smallest absolute Gasteiger partial charge is 0.416 e. The molecule has 0 saturated carbocycles. The predicted molar refractivity (Wildman–Crippen MR) is 179 cm³/mol. The zero-order chi connectivity index (χ0) is 37.5. The summed E-state index contributed by atoms with van der Waals surface area (Å²) < 4.78 is 83.1. The molecule has 3 aromatic rings. The molecule has 2 aromatic heterocycles. The number of benzene rings is 1. The summed E-state index contributed by atoms with van der Waals surface area (Å²) in [5, 5.41) is 9.64. The summed E-state index contributed by atoms with van der Waals surface area (Å²) in [4.78, 5) is 50.5. The Morgan fingerprint density at radius 3 is 2.13 bits per heavy atom. The van der Waals surface area contributed by atoms with E-state index in [1.165, 1.54) is 28.4 Å². The van der Waals surface area contributed by atoms with Crippen LogP contribution < -0.4 is 19.6 Å². The van der Waals surface area contributed by atoms with E-state index in [1.54, 1.807) is 11.9 Å². The van der Waals surface area contributed by atoms with Crippen LogP contribution in [0, 0.1) is 5.92 Å². The Morgan fingerprint density at radius 1 is 0.962 bits per heavy atom. The highest BCUT2D eigenvalue weighted by Gasteiger charge is 2.40. The molecule has 1 unspecified atom stereocenters. The van der Waals surface area contributed by atoms with Gasteiger partial charge < -0.3 is 24.7 Å². The van der Waals surface area contributed by atoms with Crippen LogP contribution in [0.2, 0.25) is 5.02 Å². The van der Waals surface area contributed by atoms with E-state index >= 15 is 0 Å². The van der Waals surface area contributed by atoms with Crippen LogP contribution >= 0.6 is 11.6 Å². The molecular formula is C33H36ClF6N9O3. The van der Waals surface area contributed by atoms with Crippen molar-refractivity contribution in [2.24, 2.45) is 5.92 Å². The molecule has 52 heavy (non-hydrogen) atoms. The number of likely N-dealkylation sites (N-methyl/N-ethyl adjacent to an activating group) is 1. The van der Waals surface area contributed by atoms with E-state index in [9.17, 15) is 41.0 Å². The molecule has 2 amide bonds. The number of amides is 2. The fraction of sp³-hybridized carbons (Fsp3) is 0.515. The Morgan fingerprint density at radius 2 is 1.60 bits per heavy atom. The monoisotopic (exact) mass is 755 g/mol. The molecule has 3 aliphatic rings. The number of piperidine rings is 1. The fourth-order valence-electron chi connectivity index (χ4n) is 6.95. The average molecular weight is 756 g/mol. The van der Waals surface area contributed by atoms with Gasteiger partial charge in [-0.1, -0.05) is 18.5 Å². The van der Waals surface area contributed by atoms with Crippen LogP contribution in [0.25, 0.3) is 0 Å². The molecule has 0 radical (unpaired) electrons. The number of carboxylic acid groups (broad SMARTS) is 1. The molecule has 2 atom stereocenters. The second kappa shape index (κ2) is 14.4. The van der Waals surface area contributed by atoms with Gasteiger partial charge in [-0.25, -0.2) is 19.7 Å². The van der Waals surface area contributed by atoms with Gasteiger partial charge in [0.2, 0.25) is 11.9 Å². The van der Waals surface area contributed by atoms with Gasteiger partial charge in [0.15, 0.2) is 5.82 Å². The van der Waals surface area contributed by atoms with E-state index in [0.717, 1.165) is 0 Å². The zero-order valence-electron chi connectivity index (χ0n) is 28.2. The second-order valence-electron chi connectivity index (χ2n) is 13.2. The number of urea groups is 1. The quantitative estimate of drug-likeness (QED) is 0.253. The van der Waals surface area contributed by atoms with Crippen molar-refractivity contribution in [2.45, 2.75) is 63.6 Å². The lowest BCUT2D eigenvalue weighted by Gasteiger charge is -2.32. The lowest BCUT2D eigenvalue weighted by atomic mass is 9.97. The van der Waals surface area contributed by atoms with Crippen LogP contribution in [0.5, 0.6) is 0 Å². The first-order chi connectivity index (χ1) is 24.5. The molecule has 0 spiro atoms. The van der Waals surface area contributed by atoms with E-state index in [-0.39, 0.29) is 41.2 Å². The van der Waals surface area contributed by atoms with Gasteiger partial charge in [-0.15, -0.1) is 0 Å². The lowest BCUT2D eigenvalue weighted by Crippen LogP contribution is -2.39. The number of hydrogen-bond acceptors (Lipinski definition) is 9. The van der Waals surface area contributed by atoms with Gasteiger partial charge in [-0.3, -0.25) is 9.69 Å². The number of rotatable bonds is 9. The topological polar surface area (TPSA) is 122 Å². The summed E-state index contributed by atoms with van der Waals surface area (Å²) in [5.41, 5.74) is -2.72. The number of carbonyl (C=O) groups is 2. The first-order valence-corrected chi connectivity index (χ1v) is 17.1. The number of alkyl halides is 6. The first kappa shape index (κ1) is 37.2. The third-order valence-corrected chi connectivity index (χ3v) is 10.1. The molecule has 3 aliphatic heterocycles. The number of aromatic nitrogens is 4. The van der Waals surface area contributed by atoms with Gasteiger partial charge in [0.1, 0.15) is 5.02 Å². The summed E-state index contributed by atoms with van der Waals surface area (Å²) in [6, 6.07) is 0.490. The van der Waals surface area contributed by atoms with Gasteiger partial charge in [0, 0.05) is 52.4 Å². The number of carboxylic acids is 1. The normalized spacial score (nSPS) is 20.3. The van der Waals surface area contributed by atoms with E-state index in [4.69, 9.17) is 16.6 Å². The first-order valence-electron chi connectivity index (χ1n) is 16.7. The van der Waals surface area contributed by atoms with Crippen LogP contribution in [-0.4, -0.2) is 93.8 Å². The summed E-state index contributed by atoms with van der Waals surface area (Å²) >= 11 is 6.65. The molecule has 0 bridgehead atoms. The molecule has 5 heterocycles. The van der Waals surface area contributed by atoms with Crippen molar-refractivity contribution in [2.75, 3.05) is 59.4 Å². The van der Waals surface area contributed by atoms with Gasteiger partial charge in [-0.05, 0) is 49.4 Å². The van der Waals surface area contributed by atoms with E-state index in [1.807, 2.05) is 16.7 Å². The molecule has 6 rings (SSSR count). The summed E-state index contributed by atoms with van der Waals surface area (Å²) in [6.07, 6.45) is -3.95. The van der Waals surface area contributed by atoms with Crippen molar-refractivity contribution in [3.63, 3.8) is 0 Å². The number of anilines is 4. The Kier molecular flexibility index (Phi) is 10.3. The van der Waals surface area contributed by atoms with Crippen molar-refractivity contribution in [1.29, 1.82) is 0 Å². The second-order valence-corrected chi connectivity index (χ2v) is 13.6. The fourth-order valence-corrected chi connectivity index (χ4v) is 7.15. The van der Waals surface area contributed by atoms with E-state index in [0.29, 0.717) is 81.4 Å². The molecule has 12 nitrogen and oxygen atoms in total. The molecule has 3 fully saturated rings. The molecule has 280 valence electrons. The van der Waals surface area contributed by atoms with Crippen molar-refractivity contribution in [1.82, 2.24) is 24.8 Å². The number of aliphatic carboxylic acids is 1. The van der Waals surface area contributed by atoms with Crippen LogP contribution in [0.1, 0.15) is 49.3 Å². The highest BCUT2D eigenvalue weighted by atomic mass is 35.5. The van der Waals surface area contributed by atoms with Crippen LogP contribution in [-0.2, 0) is 23.7 Å². The number of nitrogens with zero attached hydrogens (tertiary/aromatic N) is 9. The standard InChI is InChI=1S/C33H36ClF6N9O3/c1-3-23-13-24(18-48(23)27-26(34)16-43-30(44-27)46-6-4-20(5-7-46)28(50)51)49(29-41-14-25(15-42-29)47-9-8-45(2)31(47)52)17-19-10-21(32(35,36)37)12-22(11-19)33(38,39)40/h10-12,14-16,20,23-24H,3-9,13,17-18H2,1-2H3,(H,50,51)/t23?,24-/m0/s1. The Hall–Kier alpha value is -4.61. The average Bonchev–Trinajstić information content (AvgIpc) is 3.69. The minimum absolute atomic E-state index is 0.0483. The van der Waals surface area contributed by atoms with E-state index < -0.39 is 48.0 Å². The highest BCUT2D eigenvalue weighted by Crippen LogP contribution is 2.39. The maximum Gasteiger partial charge on any atom is 0.416 e. The zero-order valence-corrected chi connectivity index (χ0v) is 29.0. The van der Waals surface area contributed by atoms with Crippen LogP contribution in [0.4, 0.5) is 54.5 Å². The minimum atomic E-state index is -5.03. The summed E-state index contributed by atoms with van der Waals surface area (Å²) in [5.74, 6) is -0.510. The number of carbonyl (C=O) groups excluding carboxylic acids is 1. The van der Waals surface area contributed by atoms with Crippen molar-refractivity contribution < 1.29 is 41.0 Å². The van der Waals surface area contributed by atoms with Gasteiger partial charge in [0.25, 0.3) is 0 Å². The highest BCUT2D eigenvalue weighted by molar-refractivity contribution is 6.32. The molecule has 0 aliphatic carbocycles. The molecular weight excluding hydrogens is 720 g/mol. The van der Waals surface area contributed by atoms with Gasteiger partial charge >= 0.3 is 24.4 Å². The van der Waals surface area contributed by atoms with Gasteiger partial charge in [0.05, 0.1) is 47.4 Å². The van der Waals surface area contributed by atoms with Crippen molar-refractivity contribution in [3.8, 4) is 0 Å². The lowest BCUT2D eigenvalue weighted by molar-refractivity contribution is -0.144. The third-order valence-electron chi connectivity index (χ3n) is 9.83. The SMILES string of the molecule is CCC1C[C@H](N(Cc2cc(C(F)(F)F)cc(C(F)(F)F)c2)c2ncc(N3CCN(C)C3=O)cn2)CN1c1nc(N2CCC(C(=O)O)CC2)ncc1Cl. The molecule has 1 aromatic carbocycles. The molecule has 3 saturated heterocycles. The van der Waals surface area contributed by atoms with E-state index in [2.05, 4.69) is 15.0 Å². The maximum atomic E-state index is 13.8. The molecule has 19 heteroatoms. The summed E-state index contributed by atoms with van der Waals surface area (Å²) in [6.45, 7) is 3.48. The maximum absolute atomic E-state index is 13.8. The Balaban J connectivity index is 1.34. The largest absolute Gasteiger partial charge is 0.481 e. The molecule has 1 N–H and O–H groups in total. The summed E-state index contributed by atoms with van der Waals surface area (Å²) in [7, 11) is 1.65. The Bertz CT molecular complexity index is 1760. The number of halogens is 7. The van der Waals surface area contributed by atoms with Crippen molar-refractivity contribution in [3.05, 3.63) is 58.5 Å². The van der Waals surface area contributed by atoms with Gasteiger partial charge in [-0.2, -0.15) is 31.3 Å². The Labute approximate surface area is 300 Å². The van der Waals surface area contributed by atoms with Crippen molar-refractivity contribution >= 4 is 47.0 Å². The van der Waals surface area contributed by atoms with Crippen LogP contribution in [0.3, 0.4) is 0 Å².